The molecule has 2 rings (SSSR count). The van der Waals surface area contributed by atoms with Crippen molar-refractivity contribution in [1.29, 1.82) is 0 Å². The molecule has 1 unspecified atom stereocenters. The fraction of sp³-hybridized carbons (Fsp3) is 0.600. The molecule has 1 aliphatic carbocycles. The second-order valence-electron chi connectivity index (χ2n) is 5.36. The second kappa shape index (κ2) is 5.53. The summed E-state index contributed by atoms with van der Waals surface area (Å²) in [5, 5.41) is 3.70. The molecule has 0 heterocycles. The highest BCUT2D eigenvalue weighted by molar-refractivity contribution is 9.10. The quantitative estimate of drug-likeness (QED) is 0.832. The first kappa shape index (κ1) is 13.1. The molecule has 1 saturated carbocycles. The first-order chi connectivity index (χ1) is 8.15. The molecule has 0 radical (unpaired) electrons. The SMILES string of the molecule is CCC1(CNC(C)c2cccc(Br)c2)CCC1. The maximum absolute atomic E-state index is 3.70. The topological polar surface area (TPSA) is 12.0 Å². The van der Waals surface area contributed by atoms with Gasteiger partial charge in [-0.2, -0.15) is 0 Å². The van der Waals surface area contributed by atoms with Gasteiger partial charge in [0.15, 0.2) is 0 Å². The lowest BCUT2D eigenvalue weighted by Crippen LogP contribution is -2.40. The maximum Gasteiger partial charge on any atom is 0.0292 e. The number of halogens is 1. The number of hydrogen-bond donors (Lipinski definition) is 1. The molecular weight excluding hydrogens is 274 g/mol. The Balaban J connectivity index is 1.91. The molecule has 0 spiro atoms. The van der Waals surface area contributed by atoms with Crippen molar-refractivity contribution in [1.82, 2.24) is 5.32 Å². The lowest BCUT2D eigenvalue weighted by molar-refractivity contribution is 0.120. The van der Waals surface area contributed by atoms with Crippen LogP contribution in [0.25, 0.3) is 0 Å². The highest BCUT2D eigenvalue weighted by Crippen LogP contribution is 2.43. The highest BCUT2D eigenvalue weighted by Gasteiger charge is 2.34. The third-order valence-electron chi connectivity index (χ3n) is 4.30. The van der Waals surface area contributed by atoms with Crippen molar-refractivity contribution in [3.63, 3.8) is 0 Å². The maximum atomic E-state index is 3.70. The van der Waals surface area contributed by atoms with Crippen molar-refractivity contribution in [3.8, 4) is 0 Å². The molecule has 0 bridgehead atoms. The summed E-state index contributed by atoms with van der Waals surface area (Å²) in [5.41, 5.74) is 1.96. The summed E-state index contributed by atoms with van der Waals surface area (Å²) >= 11 is 3.53. The number of benzene rings is 1. The van der Waals surface area contributed by atoms with Crippen molar-refractivity contribution >= 4 is 15.9 Å². The molecule has 0 aliphatic heterocycles. The van der Waals surface area contributed by atoms with Gasteiger partial charge in [-0.15, -0.1) is 0 Å². The summed E-state index contributed by atoms with van der Waals surface area (Å²) in [6.07, 6.45) is 5.54. The third kappa shape index (κ3) is 3.11. The Hall–Kier alpha value is -0.340. The number of rotatable bonds is 5. The average molecular weight is 296 g/mol. The van der Waals surface area contributed by atoms with Crippen LogP contribution in [0.1, 0.15) is 51.1 Å². The van der Waals surface area contributed by atoms with E-state index in [1.165, 1.54) is 31.2 Å². The largest absolute Gasteiger partial charge is 0.310 e. The molecule has 2 heteroatoms. The summed E-state index contributed by atoms with van der Waals surface area (Å²) in [4.78, 5) is 0. The predicted octanol–water partition coefficient (Wildman–Crippen LogP) is 4.68. The van der Waals surface area contributed by atoms with Gasteiger partial charge in [0.05, 0.1) is 0 Å². The zero-order valence-corrected chi connectivity index (χ0v) is 12.4. The normalized spacial score (nSPS) is 19.7. The lowest BCUT2D eigenvalue weighted by Gasteiger charge is -2.42. The summed E-state index contributed by atoms with van der Waals surface area (Å²) < 4.78 is 1.16. The smallest absolute Gasteiger partial charge is 0.0292 e. The molecule has 1 fully saturated rings. The number of hydrogen-bond acceptors (Lipinski definition) is 1. The average Bonchev–Trinajstić information content (AvgIpc) is 2.28. The summed E-state index contributed by atoms with van der Waals surface area (Å²) in [6.45, 7) is 5.74. The van der Waals surface area contributed by atoms with Crippen molar-refractivity contribution in [2.75, 3.05) is 6.54 Å². The van der Waals surface area contributed by atoms with Crippen LogP contribution in [-0.4, -0.2) is 6.54 Å². The minimum Gasteiger partial charge on any atom is -0.310 e. The fourth-order valence-electron chi connectivity index (χ4n) is 2.60. The van der Waals surface area contributed by atoms with Gasteiger partial charge in [0, 0.05) is 17.1 Å². The Kier molecular flexibility index (Phi) is 4.26. The molecule has 1 aromatic carbocycles. The van der Waals surface area contributed by atoms with Gasteiger partial charge in [0.1, 0.15) is 0 Å². The van der Waals surface area contributed by atoms with E-state index in [0.717, 1.165) is 11.0 Å². The van der Waals surface area contributed by atoms with Crippen LogP contribution in [0.3, 0.4) is 0 Å². The standard InChI is InChI=1S/C15H22BrN/c1-3-15(8-5-9-15)11-17-12(2)13-6-4-7-14(16)10-13/h4,6-7,10,12,17H,3,5,8-9,11H2,1-2H3. The highest BCUT2D eigenvalue weighted by atomic mass is 79.9. The zero-order chi connectivity index (χ0) is 12.3. The minimum absolute atomic E-state index is 0.441. The molecule has 1 atom stereocenters. The van der Waals surface area contributed by atoms with E-state index < -0.39 is 0 Å². The van der Waals surface area contributed by atoms with E-state index in [0.29, 0.717) is 11.5 Å². The van der Waals surface area contributed by atoms with Crippen LogP contribution >= 0.6 is 15.9 Å². The molecule has 0 saturated heterocycles. The van der Waals surface area contributed by atoms with Crippen molar-refractivity contribution in [3.05, 3.63) is 34.3 Å². The summed E-state index contributed by atoms with van der Waals surface area (Å²) in [6, 6.07) is 9.03. The molecule has 1 aliphatic rings. The molecule has 1 N–H and O–H groups in total. The van der Waals surface area contributed by atoms with E-state index in [2.05, 4.69) is 59.4 Å². The van der Waals surface area contributed by atoms with E-state index >= 15 is 0 Å². The van der Waals surface area contributed by atoms with Gasteiger partial charge >= 0.3 is 0 Å². The monoisotopic (exact) mass is 295 g/mol. The predicted molar refractivity (Wildman–Crippen MR) is 77.1 cm³/mol. The van der Waals surface area contributed by atoms with Gasteiger partial charge < -0.3 is 5.32 Å². The Bertz CT molecular complexity index is 365. The molecule has 1 nitrogen and oxygen atoms in total. The first-order valence-corrected chi connectivity index (χ1v) is 7.43. The molecule has 0 aromatic heterocycles. The van der Waals surface area contributed by atoms with E-state index in [-0.39, 0.29) is 0 Å². The van der Waals surface area contributed by atoms with Crippen molar-refractivity contribution in [2.24, 2.45) is 5.41 Å². The van der Waals surface area contributed by atoms with Crippen molar-refractivity contribution < 1.29 is 0 Å². The van der Waals surface area contributed by atoms with Gasteiger partial charge in [-0.25, -0.2) is 0 Å². The van der Waals surface area contributed by atoms with Gasteiger partial charge in [-0.3, -0.25) is 0 Å². The Morgan fingerprint density at radius 2 is 2.18 bits per heavy atom. The van der Waals surface area contributed by atoms with Gasteiger partial charge in [0.25, 0.3) is 0 Å². The minimum atomic E-state index is 0.441. The van der Waals surface area contributed by atoms with Crippen LogP contribution in [0.5, 0.6) is 0 Å². The first-order valence-electron chi connectivity index (χ1n) is 6.64. The zero-order valence-electron chi connectivity index (χ0n) is 10.8. The van der Waals surface area contributed by atoms with E-state index in [1.807, 2.05) is 0 Å². The molecule has 17 heavy (non-hydrogen) atoms. The summed E-state index contributed by atoms with van der Waals surface area (Å²) in [7, 11) is 0. The van der Waals surface area contributed by atoms with Crippen molar-refractivity contribution in [2.45, 2.75) is 45.6 Å². The lowest BCUT2D eigenvalue weighted by atomic mass is 9.67. The third-order valence-corrected chi connectivity index (χ3v) is 4.79. The summed E-state index contributed by atoms with van der Waals surface area (Å²) in [5.74, 6) is 0. The molecule has 1 aromatic rings. The van der Waals surface area contributed by atoms with E-state index in [4.69, 9.17) is 0 Å². The van der Waals surface area contributed by atoms with Crippen LogP contribution < -0.4 is 5.32 Å². The van der Waals surface area contributed by atoms with E-state index in [1.54, 1.807) is 0 Å². The van der Waals surface area contributed by atoms with Crippen LogP contribution in [-0.2, 0) is 0 Å². The van der Waals surface area contributed by atoms with Gasteiger partial charge in [0.2, 0.25) is 0 Å². The Morgan fingerprint density at radius 3 is 2.71 bits per heavy atom. The molecule has 94 valence electrons. The van der Waals surface area contributed by atoms with Crippen LogP contribution in [0, 0.1) is 5.41 Å². The Morgan fingerprint density at radius 1 is 1.41 bits per heavy atom. The Labute approximate surface area is 113 Å². The van der Waals surface area contributed by atoms with E-state index in [9.17, 15) is 0 Å². The van der Waals surface area contributed by atoms with Gasteiger partial charge in [-0.05, 0) is 49.3 Å². The number of nitrogens with one attached hydrogen (secondary N) is 1. The van der Waals surface area contributed by atoms with Gasteiger partial charge in [-0.1, -0.05) is 41.4 Å². The fourth-order valence-corrected chi connectivity index (χ4v) is 3.01. The van der Waals surface area contributed by atoms with Crippen LogP contribution in [0.4, 0.5) is 0 Å². The molecule has 0 amide bonds. The van der Waals surface area contributed by atoms with Crippen LogP contribution in [0.15, 0.2) is 28.7 Å². The molecular formula is C15H22BrN. The second-order valence-corrected chi connectivity index (χ2v) is 6.28. The van der Waals surface area contributed by atoms with Crippen LogP contribution in [0.2, 0.25) is 0 Å².